The lowest BCUT2D eigenvalue weighted by molar-refractivity contribution is -0.141. The van der Waals surface area contributed by atoms with Crippen LogP contribution in [0.15, 0.2) is 48.7 Å². The molecule has 1 N–H and O–H groups in total. The first-order valence-electron chi connectivity index (χ1n) is 7.10. The zero-order valence-corrected chi connectivity index (χ0v) is 11.9. The first-order valence-corrected chi connectivity index (χ1v) is 7.10. The smallest absolute Gasteiger partial charge is 0.309 e. The average Bonchev–Trinajstić information content (AvgIpc) is 2.94. The van der Waals surface area contributed by atoms with E-state index in [4.69, 9.17) is 0 Å². The Labute approximate surface area is 124 Å². The number of hydrogen-bond acceptors (Lipinski definition) is 3. The van der Waals surface area contributed by atoms with Gasteiger partial charge in [-0.2, -0.15) is 0 Å². The minimum atomic E-state index is -0.750. The number of pyridine rings is 1. The molecule has 1 aliphatic heterocycles. The molecule has 2 unspecified atom stereocenters. The lowest BCUT2D eigenvalue weighted by Gasteiger charge is -2.18. The molecule has 1 fully saturated rings. The van der Waals surface area contributed by atoms with E-state index in [1.165, 1.54) is 5.56 Å². The van der Waals surface area contributed by atoms with Gasteiger partial charge in [0.25, 0.3) is 0 Å². The summed E-state index contributed by atoms with van der Waals surface area (Å²) >= 11 is 0. The van der Waals surface area contributed by atoms with Gasteiger partial charge < -0.3 is 10.0 Å². The highest BCUT2D eigenvalue weighted by Crippen LogP contribution is 2.34. The van der Waals surface area contributed by atoms with Crippen LogP contribution in [0.5, 0.6) is 0 Å². The highest BCUT2D eigenvalue weighted by atomic mass is 16.4. The van der Waals surface area contributed by atoms with E-state index in [2.05, 4.69) is 34.1 Å². The molecule has 2 aromatic rings. The van der Waals surface area contributed by atoms with Crippen molar-refractivity contribution in [1.29, 1.82) is 0 Å². The number of anilines is 1. The van der Waals surface area contributed by atoms with Crippen molar-refractivity contribution in [3.63, 3.8) is 0 Å². The van der Waals surface area contributed by atoms with Gasteiger partial charge in [0.05, 0.1) is 5.92 Å². The van der Waals surface area contributed by atoms with E-state index in [-0.39, 0.29) is 5.92 Å². The second-order valence-electron chi connectivity index (χ2n) is 5.55. The van der Waals surface area contributed by atoms with Gasteiger partial charge in [-0.1, -0.05) is 23.8 Å². The van der Waals surface area contributed by atoms with Gasteiger partial charge in [0.15, 0.2) is 0 Å². The Kier molecular flexibility index (Phi) is 3.60. The van der Waals surface area contributed by atoms with E-state index < -0.39 is 11.9 Å². The van der Waals surface area contributed by atoms with Crippen LogP contribution in [-0.2, 0) is 4.79 Å². The Morgan fingerprint density at radius 1 is 1.19 bits per heavy atom. The highest BCUT2D eigenvalue weighted by molar-refractivity contribution is 5.74. The molecule has 0 aliphatic carbocycles. The van der Waals surface area contributed by atoms with E-state index in [0.717, 1.165) is 11.4 Å². The number of aliphatic carboxylic acids is 1. The number of benzene rings is 1. The van der Waals surface area contributed by atoms with Crippen molar-refractivity contribution in [3.05, 3.63) is 59.9 Å². The van der Waals surface area contributed by atoms with Gasteiger partial charge in [-0.3, -0.25) is 9.78 Å². The van der Waals surface area contributed by atoms with Gasteiger partial charge >= 0.3 is 5.97 Å². The molecule has 1 aliphatic rings. The maximum absolute atomic E-state index is 11.6. The zero-order valence-electron chi connectivity index (χ0n) is 11.9. The molecule has 0 spiro atoms. The van der Waals surface area contributed by atoms with Gasteiger partial charge in [-0.15, -0.1) is 0 Å². The first kappa shape index (κ1) is 13.6. The summed E-state index contributed by atoms with van der Waals surface area (Å²) in [5, 5.41) is 9.50. The molecule has 0 saturated carbocycles. The van der Waals surface area contributed by atoms with Crippen molar-refractivity contribution in [2.24, 2.45) is 5.92 Å². The number of carboxylic acid groups (broad SMARTS) is 1. The summed E-state index contributed by atoms with van der Waals surface area (Å²) in [4.78, 5) is 18.0. The number of rotatable bonds is 3. The summed E-state index contributed by atoms with van der Waals surface area (Å²) in [5.41, 5.74) is 3.14. The number of aromatic nitrogens is 1. The van der Waals surface area contributed by atoms with Crippen LogP contribution in [0.1, 0.15) is 17.2 Å². The first-order chi connectivity index (χ1) is 10.1. The van der Waals surface area contributed by atoms with Crippen LogP contribution >= 0.6 is 0 Å². The Morgan fingerprint density at radius 2 is 1.95 bits per heavy atom. The quantitative estimate of drug-likeness (QED) is 0.940. The van der Waals surface area contributed by atoms with Crippen LogP contribution in [0.25, 0.3) is 0 Å². The molecule has 1 saturated heterocycles. The number of carboxylic acids is 1. The lowest BCUT2D eigenvalue weighted by Crippen LogP contribution is -2.23. The Bertz CT molecular complexity index is 625. The lowest BCUT2D eigenvalue weighted by atomic mass is 9.93. The van der Waals surface area contributed by atoms with E-state index in [1.54, 1.807) is 6.20 Å². The molecule has 0 radical (unpaired) electrons. The summed E-state index contributed by atoms with van der Waals surface area (Å²) in [6, 6.07) is 13.9. The standard InChI is InChI=1S/C17H18N2O2/c1-12-5-7-13(8-6-12)19-10-14(15(11-19)17(20)21)16-4-2-3-9-18-16/h2-9,14-15H,10-11H2,1H3,(H,20,21). The van der Waals surface area contributed by atoms with Gasteiger partial charge in [-0.05, 0) is 31.2 Å². The largest absolute Gasteiger partial charge is 0.481 e. The van der Waals surface area contributed by atoms with Crippen LogP contribution in [0.3, 0.4) is 0 Å². The molecule has 2 heterocycles. The minimum Gasteiger partial charge on any atom is -0.481 e. The van der Waals surface area contributed by atoms with Crippen molar-refractivity contribution in [3.8, 4) is 0 Å². The van der Waals surface area contributed by atoms with E-state index in [1.807, 2.05) is 25.1 Å². The van der Waals surface area contributed by atoms with Crippen LogP contribution < -0.4 is 4.90 Å². The number of carbonyl (C=O) groups is 1. The molecule has 2 atom stereocenters. The normalized spacial score (nSPS) is 21.5. The van der Waals surface area contributed by atoms with Gasteiger partial charge in [-0.25, -0.2) is 0 Å². The van der Waals surface area contributed by atoms with Gasteiger partial charge in [0.1, 0.15) is 0 Å². The second kappa shape index (κ2) is 5.56. The van der Waals surface area contributed by atoms with Crippen molar-refractivity contribution >= 4 is 11.7 Å². The third-order valence-corrected chi connectivity index (χ3v) is 4.10. The molecule has 4 nitrogen and oxygen atoms in total. The topological polar surface area (TPSA) is 53.4 Å². The Hall–Kier alpha value is -2.36. The van der Waals surface area contributed by atoms with Gasteiger partial charge in [0.2, 0.25) is 0 Å². The monoisotopic (exact) mass is 282 g/mol. The number of hydrogen-bond donors (Lipinski definition) is 1. The van der Waals surface area contributed by atoms with E-state index in [9.17, 15) is 9.90 Å². The summed E-state index contributed by atoms with van der Waals surface area (Å²) in [6.07, 6.45) is 1.72. The predicted molar refractivity (Wildman–Crippen MR) is 81.5 cm³/mol. The third-order valence-electron chi connectivity index (χ3n) is 4.10. The van der Waals surface area contributed by atoms with Crippen molar-refractivity contribution < 1.29 is 9.90 Å². The maximum atomic E-state index is 11.6. The summed E-state index contributed by atoms with van der Waals surface area (Å²) < 4.78 is 0. The number of nitrogens with zero attached hydrogens (tertiary/aromatic N) is 2. The summed E-state index contributed by atoms with van der Waals surface area (Å²) in [7, 11) is 0. The zero-order chi connectivity index (χ0) is 14.8. The average molecular weight is 282 g/mol. The Morgan fingerprint density at radius 3 is 2.57 bits per heavy atom. The van der Waals surface area contributed by atoms with E-state index >= 15 is 0 Å². The molecule has 4 heteroatoms. The summed E-state index contributed by atoms with van der Waals surface area (Å²) in [6.45, 7) is 3.27. The molecular weight excluding hydrogens is 264 g/mol. The van der Waals surface area contributed by atoms with Crippen molar-refractivity contribution in [1.82, 2.24) is 4.98 Å². The van der Waals surface area contributed by atoms with Crippen LogP contribution in [0.2, 0.25) is 0 Å². The molecule has 1 aromatic carbocycles. The van der Waals surface area contributed by atoms with Crippen LogP contribution in [0, 0.1) is 12.8 Å². The third kappa shape index (κ3) is 2.75. The molecule has 1 aromatic heterocycles. The predicted octanol–water partition coefficient (Wildman–Crippen LogP) is 2.69. The van der Waals surface area contributed by atoms with Gasteiger partial charge in [0, 0.05) is 36.6 Å². The SMILES string of the molecule is Cc1ccc(N2CC(C(=O)O)C(c3ccccn3)C2)cc1. The molecule has 0 bridgehead atoms. The van der Waals surface area contributed by atoms with Crippen molar-refractivity contribution in [2.75, 3.05) is 18.0 Å². The fraction of sp³-hybridized carbons (Fsp3) is 0.294. The molecule has 0 amide bonds. The molecule has 3 rings (SSSR count). The minimum absolute atomic E-state index is 0.0648. The second-order valence-corrected chi connectivity index (χ2v) is 5.55. The molecule has 21 heavy (non-hydrogen) atoms. The fourth-order valence-corrected chi connectivity index (χ4v) is 2.92. The van der Waals surface area contributed by atoms with Crippen LogP contribution in [0.4, 0.5) is 5.69 Å². The van der Waals surface area contributed by atoms with Crippen molar-refractivity contribution in [2.45, 2.75) is 12.8 Å². The maximum Gasteiger partial charge on any atom is 0.309 e. The fourth-order valence-electron chi connectivity index (χ4n) is 2.92. The molecular formula is C17H18N2O2. The molecule has 108 valence electrons. The van der Waals surface area contributed by atoms with Crippen LogP contribution in [-0.4, -0.2) is 29.1 Å². The summed E-state index contributed by atoms with van der Waals surface area (Å²) in [5.74, 6) is -1.23. The number of aryl methyl sites for hydroxylation is 1. The van der Waals surface area contributed by atoms with E-state index in [0.29, 0.717) is 13.1 Å². The Balaban J connectivity index is 1.88. The highest BCUT2D eigenvalue weighted by Gasteiger charge is 2.39.